The van der Waals surface area contributed by atoms with Crippen molar-refractivity contribution in [2.45, 2.75) is 51.9 Å². The summed E-state index contributed by atoms with van der Waals surface area (Å²) < 4.78 is 0. The van der Waals surface area contributed by atoms with E-state index in [1.54, 1.807) is 0 Å². The van der Waals surface area contributed by atoms with Crippen LogP contribution in [0, 0.1) is 0 Å². The number of nitrogens with one attached hydrogen (secondary N) is 1. The van der Waals surface area contributed by atoms with Crippen LogP contribution in [0.2, 0.25) is 0 Å². The normalized spacial score (nSPS) is 13.0. The van der Waals surface area contributed by atoms with E-state index in [0.717, 1.165) is 6.42 Å². The van der Waals surface area contributed by atoms with Gasteiger partial charge in [-0.05, 0) is 12.8 Å². The van der Waals surface area contributed by atoms with Crippen molar-refractivity contribution in [1.29, 1.82) is 0 Å². The first-order valence-corrected chi connectivity index (χ1v) is 5.58. The zero-order chi connectivity index (χ0) is 10.4. The lowest BCUT2D eigenvalue weighted by molar-refractivity contribution is 0.542. The Morgan fingerprint density at radius 2 is 2.21 bits per heavy atom. The van der Waals surface area contributed by atoms with Crippen molar-refractivity contribution in [1.82, 2.24) is 10.2 Å². The molecule has 0 saturated heterocycles. The molecule has 1 rings (SSSR count). The number of unbranched alkanes of at least 4 members (excludes halogenated alkanes) is 2. The Morgan fingerprint density at radius 3 is 2.71 bits per heavy atom. The van der Waals surface area contributed by atoms with Crippen molar-refractivity contribution in [2.24, 2.45) is 0 Å². The van der Waals surface area contributed by atoms with Crippen LogP contribution in [0.1, 0.15) is 57.6 Å². The molecule has 0 aromatic carbocycles. The molecular weight excluding hydrogens is 174 g/mol. The SMILES string of the molecule is CCCCCC(CC)c1cc(N)n[nH]1. The molecule has 1 aromatic rings. The van der Waals surface area contributed by atoms with E-state index in [1.807, 2.05) is 6.07 Å². The van der Waals surface area contributed by atoms with E-state index < -0.39 is 0 Å². The highest BCUT2D eigenvalue weighted by Gasteiger charge is 2.11. The van der Waals surface area contributed by atoms with Crippen LogP contribution in [0.5, 0.6) is 0 Å². The molecular formula is C11H21N3. The van der Waals surface area contributed by atoms with E-state index in [9.17, 15) is 0 Å². The van der Waals surface area contributed by atoms with Gasteiger partial charge >= 0.3 is 0 Å². The van der Waals surface area contributed by atoms with Crippen LogP contribution in [0.4, 0.5) is 5.82 Å². The molecule has 0 aliphatic rings. The van der Waals surface area contributed by atoms with Gasteiger partial charge in [-0.1, -0.05) is 33.1 Å². The molecule has 0 amide bonds. The molecule has 3 heteroatoms. The fraction of sp³-hybridized carbons (Fsp3) is 0.727. The summed E-state index contributed by atoms with van der Waals surface area (Å²) in [5.41, 5.74) is 6.78. The maximum atomic E-state index is 5.58. The monoisotopic (exact) mass is 195 g/mol. The summed E-state index contributed by atoms with van der Waals surface area (Å²) in [5, 5.41) is 6.97. The number of hydrogen-bond acceptors (Lipinski definition) is 2. The lowest BCUT2D eigenvalue weighted by atomic mass is 9.95. The fourth-order valence-electron chi connectivity index (χ4n) is 1.78. The largest absolute Gasteiger partial charge is 0.382 e. The second-order valence-electron chi connectivity index (χ2n) is 3.85. The summed E-state index contributed by atoms with van der Waals surface area (Å²) in [4.78, 5) is 0. The zero-order valence-electron chi connectivity index (χ0n) is 9.21. The molecule has 14 heavy (non-hydrogen) atoms. The number of nitrogen functional groups attached to an aromatic ring is 1. The lowest BCUT2D eigenvalue weighted by Crippen LogP contribution is -1.98. The summed E-state index contributed by atoms with van der Waals surface area (Å²) in [7, 11) is 0. The molecule has 3 nitrogen and oxygen atoms in total. The van der Waals surface area contributed by atoms with E-state index >= 15 is 0 Å². The van der Waals surface area contributed by atoms with Crippen molar-refractivity contribution in [3.63, 3.8) is 0 Å². The van der Waals surface area contributed by atoms with Crippen molar-refractivity contribution in [3.8, 4) is 0 Å². The molecule has 0 aliphatic carbocycles. The first-order chi connectivity index (χ1) is 6.77. The highest BCUT2D eigenvalue weighted by atomic mass is 15.2. The van der Waals surface area contributed by atoms with Crippen molar-refractivity contribution >= 4 is 5.82 Å². The Kier molecular flexibility index (Phi) is 4.50. The van der Waals surface area contributed by atoms with Crippen LogP contribution in [-0.4, -0.2) is 10.2 Å². The number of nitrogens with two attached hydrogens (primary N) is 1. The predicted octanol–water partition coefficient (Wildman–Crippen LogP) is 3.07. The number of hydrogen-bond donors (Lipinski definition) is 2. The molecule has 1 unspecified atom stereocenters. The Labute approximate surface area is 86.1 Å². The third-order valence-electron chi connectivity index (χ3n) is 2.71. The smallest absolute Gasteiger partial charge is 0.145 e. The van der Waals surface area contributed by atoms with Crippen molar-refractivity contribution < 1.29 is 0 Å². The standard InChI is InChI=1S/C11H21N3/c1-3-5-6-7-9(4-2)10-8-11(12)14-13-10/h8-9H,3-7H2,1-2H3,(H3,12,13,14). The van der Waals surface area contributed by atoms with Crippen LogP contribution >= 0.6 is 0 Å². The minimum Gasteiger partial charge on any atom is -0.382 e. The van der Waals surface area contributed by atoms with E-state index in [4.69, 9.17) is 5.73 Å². The Bertz CT molecular complexity index is 255. The third kappa shape index (κ3) is 3.05. The van der Waals surface area contributed by atoms with Gasteiger partial charge in [0.2, 0.25) is 0 Å². The average Bonchev–Trinajstić information content (AvgIpc) is 2.60. The quantitative estimate of drug-likeness (QED) is 0.685. The molecule has 0 fully saturated rings. The summed E-state index contributed by atoms with van der Waals surface area (Å²) >= 11 is 0. The molecule has 1 aromatic heterocycles. The van der Waals surface area contributed by atoms with Crippen LogP contribution in [0.3, 0.4) is 0 Å². The maximum Gasteiger partial charge on any atom is 0.145 e. The van der Waals surface area contributed by atoms with E-state index in [0.29, 0.717) is 11.7 Å². The second-order valence-corrected chi connectivity index (χ2v) is 3.85. The van der Waals surface area contributed by atoms with Gasteiger partial charge in [0.25, 0.3) is 0 Å². The van der Waals surface area contributed by atoms with Crippen molar-refractivity contribution in [3.05, 3.63) is 11.8 Å². The number of aromatic nitrogens is 2. The summed E-state index contributed by atoms with van der Waals surface area (Å²) in [5.74, 6) is 1.21. The van der Waals surface area contributed by atoms with E-state index in [2.05, 4.69) is 24.0 Å². The second kappa shape index (κ2) is 5.68. The van der Waals surface area contributed by atoms with E-state index in [1.165, 1.54) is 31.4 Å². The topological polar surface area (TPSA) is 54.7 Å². The van der Waals surface area contributed by atoms with Gasteiger partial charge in [-0.25, -0.2) is 0 Å². The minimum atomic E-state index is 0.603. The number of anilines is 1. The highest BCUT2D eigenvalue weighted by Crippen LogP contribution is 2.24. The summed E-state index contributed by atoms with van der Waals surface area (Å²) in [6.45, 7) is 4.45. The van der Waals surface area contributed by atoms with Crippen LogP contribution in [0.15, 0.2) is 6.07 Å². The zero-order valence-corrected chi connectivity index (χ0v) is 9.21. The first kappa shape index (κ1) is 11.1. The number of H-pyrrole nitrogens is 1. The van der Waals surface area contributed by atoms with Gasteiger partial charge in [-0.3, -0.25) is 5.10 Å². The minimum absolute atomic E-state index is 0.603. The van der Waals surface area contributed by atoms with Gasteiger partial charge in [-0.2, -0.15) is 5.10 Å². The van der Waals surface area contributed by atoms with Gasteiger partial charge in [0.05, 0.1) is 0 Å². The lowest BCUT2D eigenvalue weighted by Gasteiger charge is -2.11. The maximum absolute atomic E-state index is 5.58. The van der Waals surface area contributed by atoms with Crippen molar-refractivity contribution in [2.75, 3.05) is 5.73 Å². The predicted molar refractivity (Wildman–Crippen MR) is 60.2 cm³/mol. The average molecular weight is 195 g/mol. The van der Waals surface area contributed by atoms with Crippen LogP contribution < -0.4 is 5.73 Å². The molecule has 0 aliphatic heterocycles. The Morgan fingerprint density at radius 1 is 1.43 bits per heavy atom. The van der Waals surface area contributed by atoms with Gasteiger partial charge in [0, 0.05) is 17.7 Å². The van der Waals surface area contributed by atoms with Crippen LogP contribution in [0.25, 0.3) is 0 Å². The highest BCUT2D eigenvalue weighted by molar-refractivity contribution is 5.30. The number of nitrogens with zero attached hydrogens (tertiary/aromatic N) is 1. The molecule has 1 atom stereocenters. The first-order valence-electron chi connectivity index (χ1n) is 5.58. The Balaban J connectivity index is 2.45. The Hall–Kier alpha value is -0.990. The number of aromatic amines is 1. The van der Waals surface area contributed by atoms with Gasteiger partial charge in [-0.15, -0.1) is 0 Å². The summed E-state index contributed by atoms with van der Waals surface area (Å²) in [6.07, 6.45) is 6.30. The molecule has 0 spiro atoms. The van der Waals surface area contributed by atoms with Gasteiger partial charge in [0.1, 0.15) is 5.82 Å². The van der Waals surface area contributed by atoms with Gasteiger partial charge in [0.15, 0.2) is 0 Å². The molecule has 1 heterocycles. The van der Waals surface area contributed by atoms with Gasteiger partial charge < -0.3 is 5.73 Å². The summed E-state index contributed by atoms with van der Waals surface area (Å²) in [6, 6.07) is 1.96. The number of rotatable bonds is 6. The molecule has 0 bridgehead atoms. The molecule has 0 radical (unpaired) electrons. The molecule has 3 N–H and O–H groups in total. The third-order valence-corrected chi connectivity index (χ3v) is 2.71. The van der Waals surface area contributed by atoms with Crippen LogP contribution in [-0.2, 0) is 0 Å². The molecule has 80 valence electrons. The molecule has 0 saturated carbocycles. The van der Waals surface area contributed by atoms with E-state index in [-0.39, 0.29) is 0 Å². The fourth-order valence-corrected chi connectivity index (χ4v) is 1.78.